The molecule has 0 spiro atoms. The highest BCUT2D eigenvalue weighted by Crippen LogP contribution is 2.12. The lowest BCUT2D eigenvalue weighted by Gasteiger charge is -1.98. The van der Waals surface area contributed by atoms with Gasteiger partial charge in [-0.1, -0.05) is 5.16 Å². The van der Waals surface area contributed by atoms with E-state index in [1.54, 1.807) is 13.0 Å². The summed E-state index contributed by atoms with van der Waals surface area (Å²) in [5.74, 6) is -0.146. The second-order valence-electron chi connectivity index (χ2n) is 2.99. The molecule has 0 saturated heterocycles. The van der Waals surface area contributed by atoms with Gasteiger partial charge in [0.25, 0.3) is 5.91 Å². The molecular formula is C8H9N5O2. The number of aryl methyl sites for hydroxylation is 1. The summed E-state index contributed by atoms with van der Waals surface area (Å²) in [5.41, 5.74) is 6.66. The number of carbonyl (C=O) groups excluding carboxylic acids is 1. The first-order valence-electron chi connectivity index (χ1n) is 4.20. The molecular weight excluding hydrogens is 198 g/mol. The Kier molecular flexibility index (Phi) is 2.13. The van der Waals surface area contributed by atoms with Crippen molar-refractivity contribution in [3.05, 3.63) is 23.7 Å². The van der Waals surface area contributed by atoms with Crippen LogP contribution in [0.4, 0.5) is 11.6 Å². The van der Waals surface area contributed by atoms with Crippen LogP contribution in [0.2, 0.25) is 0 Å². The Bertz CT molecular complexity index is 487. The monoisotopic (exact) mass is 207 g/mol. The summed E-state index contributed by atoms with van der Waals surface area (Å²) < 4.78 is 4.82. The number of amides is 1. The Morgan fingerprint density at radius 3 is 3.00 bits per heavy atom. The van der Waals surface area contributed by atoms with E-state index in [1.165, 1.54) is 6.20 Å². The molecule has 2 aromatic rings. The van der Waals surface area contributed by atoms with Gasteiger partial charge in [0.1, 0.15) is 5.69 Å². The van der Waals surface area contributed by atoms with Crippen LogP contribution in [0, 0.1) is 6.92 Å². The molecule has 0 bridgehead atoms. The molecule has 0 aliphatic rings. The third-order valence-electron chi connectivity index (χ3n) is 1.76. The second-order valence-corrected chi connectivity index (χ2v) is 2.99. The molecule has 2 heterocycles. The Hall–Kier alpha value is -2.31. The summed E-state index contributed by atoms with van der Waals surface area (Å²) >= 11 is 0. The average Bonchev–Trinajstić information content (AvgIpc) is 2.75. The fourth-order valence-electron chi connectivity index (χ4n) is 1.07. The number of aromatic amines is 1. The van der Waals surface area contributed by atoms with Crippen LogP contribution in [0.25, 0.3) is 0 Å². The highest BCUT2D eigenvalue weighted by atomic mass is 16.5. The highest BCUT2D eigenvalue weighted by Gasteiger charge is 2.13. The van der Waals surface area contributed by atoms with Gasteiger partial charge in [-0.3, -0.25) is 15.2 Å². The number of hydrogen-bond acceptors (Lipinski definition) is 5. The van der Waals surface area contributed by atoms with Gasteiger partial charge in [-0.2, -0.15) is 5.10 Å². The molecule has 0 atom stereocenters. The number of H-pyrrole nitrogens is 1. The standard InChI is InChI=1S/C8H9N5O2/c1-4-2-6(15-13-4)11-8(14)7-5(9)3-10-12-7/h2-3H,9H2,1H3,(H,10,12)(H,11,14). The molecule has 1 amide bonds. The fraction of sp³-hybridized carbons (Fsp3) is 0.125. The minimum atomic E-state index is -0.416. The molecule has 0 aliphatic carbocycles. The second kappa shape index (κ2) is 3.45. The third-order valence-corrected chi connectivity index (χ3v) is 1.76. The molecule has 7 nitrogen and oxygen atoms in total. The van der Waals surface area contributed by atoms with Crippen molar-refractivity contribution in [1.29, 1.82) is 0 Å². The van der Waals surface area contributed by atoms with Crippen LogP contribution >= 0.6 is 0 Å². The summed E-state index contributed by atoms with van der Waals surface area (Å²) in [5, 5.41) is 12.2. The zero-order valence-electron chi connectivity index (χ0n) is 7.94. The van der Waals surface area contributed by atoms with Crippen LogP contribution < -0.4 is 11.1 Å². The van der Waals surface area contributed by atoms with Crippen LogP contribution in [0.1, 0.15) is 16.2 Å². The van der Waals surface area contributed by atoms with E-state index in [-0.39, 0.29) is 17.3 Å². The fourth-order valence-corrected chi connectivity index (χ4v) is 1.07. The molecule has 0 aliphatic heterocycles. The number of nitrogens with one attached hydrogen (secondary N) is 2. The topological polar surface area (TPSA) is 110 Å². The summed E-state index contributed by atoms with van der Waals surface area (Å²) in [6, 6.07) is 1.60. The van der Waals surface area contributed by atoms with Gasteiger partial charge in [-0.15, -0.1) is 0 Å². The molecule has 4 N–H and O–H groups in total. The Morgan fingerprint density at radius 2 is 2.47 bits per heavy atom. The van der Waals surface area contributed by atoms with Gasteiger partial charge in [0, 0.05) is 6.07 Å². The molecule has 0 aromatic carbocycles. The first kappa shape index (κ1) is 9.25. The number of carbonyl (C=O) groups is 1. The van der Waals surface area contributed by atoms with Gasteiger partial charge in [-0.25, -0.2) is 0 Å². The van der Waals surface area contributed by atoms with Gasteiger partial charge in [-0.05, 0) is 6.92 Å². The van der Waals surface area contributed by atoms with Crippen molar-refractivity contribution in [3.63, 3.8) is 0 Å². The smallest absolute Gasteiger partial charge is 0.278 e. The minimum Gasteiger partial charge on any atom is -0.396 e. The third kappa shape index (κ3) is 1.80. The van der Waals surface area contributed by atoms with E-state index < -0.39 is 5.91 Å². The predicted molar refractivity (Wildman–Crippen MR) is 52.2 cm³/mol. The van der Waals surface area contributed by atoms with Crippen molar-refractivity contribution in [2.24, 2.45) is 0 Å². The maximum absolute atomic E-state index is 11.6. The number of aromatic nitrogens is 3. The molecule has 2 aromatic heterocycles. The normalized spacial score (nSPS) is 10.2. The maximum atomic E-state index is 11.6. The lowest BCUT2D eigenvalue weighted by atomic mass is 10.3. The molecule has 15 heavy (non-hydrogen) atoms. The molecule has 0 radical (unpaired) electrons. The lowest BCUT2D eigenvalue weighted by Crippen LogP contribution is -2.13. The lowest BCUT2D eigenvalue weighted by molar-refractivity contribution is 0.102. The van der Waals surface area contributed by atoms with Gasteiger partial charge in [0.2, 0.25) is 5.88 Å². The SMILES string of the molecule is Cc1cc(NC(=O)c2[nH]ncc2N)on1. The first-order valence-corrected chi connectivity index (χ1v) is 4.20. The summed E-state index contributed by atoms with van der Waals surface area (Å²) in [7, 11) is 0. The van der Waals surface area contributed by atoms with Gasteiger partial charge in [0.05, 0.1) is 17.6 Å². The Labute approximate surface area is 84.6 Å². The number of rotatable bonds is 2. The van der Waals surface area contributed by atoms with Gasteiger partial charge in [0.15, 0.2) is 0 Å². The van der Waals surface area contributed by atoms with E-state index >= 15 is 0 Å². The van der Waals surface area contributed by atoms with E-state index in [2.05, 4.69) is 20.7 Å². The Balaban J connectivity index is 2.14. The van der Waals surface area contributed by atoms with Crippen LogP contribution in [-0.2, 0) is 0 Å². The van der Waals surface area contributed by atoms with Crippen LogP contribution in [-0.4, -0.2) is 21.3 Å². The first-order chi connectivity index (χ1) is 7.16. The molecule has 0 saturated carbocycles. The van der Waals surface area contributed by atoms with E-state index in [1.807, 2.05) is 0 Å². The van der Waals surface area contributed by atoms with Crippen molar-refractivity contribution in [2.45, 2.75) is 6.92 Å². The summed E-state index contributed by atoms with van der Waals surface area (Å²) in [6.45, 7) is 1.75. The molecule has 2 rings (SSSR count). The van der Waals surface area contributed by atoms with Gasteiger partial charge >= 0.3 is 0 Å². The average molecular weight is 207 g/mol. The van der Waals surface area contributed by atoms with Gasteiger partial charge < -0.3 is 10.3 Å². The van der Waals surface area contributed by atoms with Crippen LogP contribution in [0.5, 0.6) is 0 Å². The van der Waals surface area contributed by atoms with E-state index in [4.69, 9.17) is 10.3 Å². The number of nitrogens with zero attached hydrogens (tertiary/aromatic N) is 2. The maximum Gasteiger partial charge on any atom is 0.278 e. The largest absolute Gasteiger partial charge is 0.396 e. The molecule has 0 unspecified atom stereocenters. The van der Waals surface area contributed by atoms with Crippen LogP contribution in [0.3, 0.4) is 0 Å². The molecule has 78 valence electrons. The quantitative estimate of drug-likeness (QED) is 0.665. The highest BCUT2D eigenvalue weighted by molar-refractivity contribution is 6.05. The van der Waals surface area contributed by atoms with Crippen molar-refractivity contribution in [2.75, 3.05) is 11.1 Å². The van der Waals surface area contributed by atoms with Crippen molar-refractivity contribution >= 4 is 17.5 Å². The van der Waals surface area contributed by atoms with E-state index in [0.717, 1.165) is 0 Å². The number of nitrogens with two attached hydrogens (primary N) is 1. The molecule has 0 fully saturated rings. The van der Waals surface area contributed by atoms with E-state index in [0.29, 0.717) is 5.69 Å². The van der Waals surface area contributed by atoms with Crippen LogP contribution in [0.15, 0.2) is 16.8 Å². The Morgan fingerprint density at radius 1 is 1.67 bits per heavy atom. The van der Waals surface area contributed by atoms with Crippen molar-refractivity contribution < 1.29 is 9.32 Å². The number of nitrogen functional groups attached to an aromatic ring is 1. The van der Waals surface area contributed by atoms with Crippen molar-refractivity contribution in [3.8, 4) is 0 Å². The summed E-state index contributed by atoms with van der Waals surface area (Å²) in [4.78, 5) is 11.6. The van der Waals surface area contributed by atoms with E-state index in [9.17, 15) is 4.79 Å². The zero-order chi connectivity index (χ0) is 10.8. The minimum absolute atomic E-state index is 0.198. The zero-order valence-corrected chi connectivity index (χ0v) is 7.94. The van der Waals surface area contributed by atoms with Crippen molar-refractivity contribution in [1.82, 2.24) is 15.4 Å². The number of anilines is 2. The molecule has 7 heteroatoms. The number of hydrogen-bond donors (Lipinski definition) is 3. The summed E-state index contributed by atoms with van der Waals surface area (Å²) in [6.07, 6.45) is 1.36. The predicted octanol–water partition coefficient (Wildman–Crippen LogP) is 0.541.